The van der Waals surface area contributed by atoms with Crippen molar-refractivity contribution in [3.8, 4) is 0 Å². The highest BCUT2D eigenvalue weighted by Crippen LogP contribution is 2.26. The number of amides is 2. The molecule has 6 nitrogen and oxygen atoms in total. The number of rotatable bonds is 17. The average molecular weight is 532 g/mol. The number of primary amides is 1. The molecule has 1 aromatic carbocycles. The standard InChI is InChI=1S/C24H39N3O3.C4H8.C2H6.C2H4/c1-4-6-7-10-19(5-2)20-12-14-21(15-13-20)24(30)27-22(18(3)28)11-8-9-16-26-17-23(25)29;1-3-4-2;2*1-2/h12-15,19,22,26H,4-11,16-17H2,1-3H3,(H2,25,29)(H,27,30);3H,1,4H2,2H3;1-2H3;1-2H2. The van der Waals surface area contributed by atoms with E-state index in [-0.39, 0.29) is 24.1 Å². The van der Waals surface area contributed by atoms with Crippen LogP contribution in [0.1, 0.15) is 121 Å². The summed E-state index contributed by atoms with van der Waals surface area (Å²) in [6.45, 7) is 22.3. The molecule has 0 aromatic heterocycles. The number of Topliss-reactive ketones (excluding diaryl/α,β-unsaturated/α-hetero) is 1. The topological polar surface area (TPSA) is 101 Å². The van der Waals surface area contributed by atoms with Gasteiger partial charge in [0.2, 0.25) is 5.91 Å². The fourth-order valence-corrected chi connectivity index (χ4v) is 3.58. The molecule has 0 aliphatic rings. The first-order chi connectivity index (χ1) is 18.3. The number of benzene rings is 1. The van der Waals surface area contributed by atoms with Crippen LogP contribution < -0.4 is 16.4 Å². The van der Waals surface area contributed by atoms with Gasteiger partial charge >= 0.3 is 0 Å². The van der Waals surface area contributed by atoms with Gasteiger partial charge in [-0.25, -0.2) is 0 Å². The predicted molar refractivity (Wildman–Crippen MR) is 165 cm³/mol. The Labute approximate surface area is 233 Å². The van der Waals surface area contributed by atoms with Crippen LogP contribution in [-0.2, 0) is 9.59 Å². The van der Waals surface area contributed by atoms with E-state index in [9.17, 15) is 14.4 Å². The molecule has 0 saturated heterocycles. The Kier molecular flexibility index (Phi) is 30.2. The number of nitrogens with two attached hydrogens (primary N) is 1. The van der Waals surface area contributed by atoms with Crippen LogP contribution in [0.5, 0.6) is 0 Å². The summed E-state index contributed by atoms with van der Waals surface area (Å²) in [5.41, 5.74) is 6.93. The monoisotopic (exact) mass is 531 g/mol. The molecular weight excluding hydrogens is 474 g/mol. The molecule has 0 fully saturated rings. The zero-order chi connectivity index (χ0) is 29.8. The summed E-state index contributed by atoms with van der Waals surface area (Å²) >= 11 is 0. The van der Waals surface area contributed by atoms with Gasteiger partial charge < -0.3 is 16.4 Å². The highest BCUT2D eigenvalue weighted by atomic mass is 16.2. The largest absolute Gasteiger partial charge is 0.369 e. The maximum Gasteiger partial charge on any atom is 0.251 e. The molecule has 38 heavy (non-hydrogen) atoms. The summed E-state index contributed by atoms with van der Waals surface area (Å²) in [5, 5.41) is 5.81. The minimum Gasteiger partial charge on any atom is -0.369 e. The second kappa shape index (κ2) is 28.8. The summed E-state index contributed by atoms with van der Waals surface area (Å²) in [6, 6.07) is 7.31. The molecule has 6 heteroatoms. The number of carbonyl (C=O) groups is 3. The van der Waals surface area contributed by atoms with Crippen LogP contribution in [0.15, 0.2) is 50.1 Å². The van der Waals surface area contributed by atoms with Gasteiger partial charge in [-0.15, -0.1) is 19.7 Å². The maximum absolute atomic E-state index is 12.6. The Morgan fingerprint density at radius 3 is 1.95 bits per heavy atom. The lowest BCUT2D eigenvalue weighted by Gasteiger charge is -2.17. The molecule has 4 N–H and O–H groups in total. The lowest BCUT2D eigenvalue weighted by molar-refractivity contribution is -0.119. The van der Waals surface area contributed by atoms with E-state index < -0.39 is 6.04 Å². The number of unbranched alkanes of at least 4 members (excludes halogenated alkanes) is 3. The summed E-state index contributed by atoms with van der Waals surface area (Å²) in [4.78, 5) is 35.2. The normalized spacial score (nSPS) is 11.1. The molecule has 218 valence electrons. The van der Waals surface area contributed by atoms with Crippen molar-refractivity contribution < 1.29 is 14.4 Å². The third kappa shape index (κ3) is 21.4. The van der Waals surface area contributed by atoms with Gasteiger partial charge in [-0.3, -0.25) is 14.4 Å². The van der Waals surface area contributed by atoms with Crippen LogP contribution in [0.3, 0.4) is 0 Å². The van der Waals surface area contributed by atoms with Crippen LogP contribution in [-0.4, -0.2) is 36.7 Å². The Morgan fingerprint density at radius 2 is 1.50 bits per heavy atom. The Morgan fingerprint density at radius 1 is 0.947 bits per heavy atom. The quantitative estimate of drug-likeness (QED) is 0.147. The lowest BCUT2D eigenvalue weighted by atomic mass is 9.90. The first kappa shape index (κ1) is 39.8. The number of nitrogens with one attached hydrogen (secondary N) is 2. The van der Waals surface area contributed by atoms with Crippen LogP contribution in [0.25, 0.3) is 0 Å². The first-order valence-electron chi connectivity index (χ1n) is 14.3. The molecule has 1 aromatic rings. The molecule has 2 atom stereocenters. The number of allylic oxidation sites excluding steroid dienone is 1. The van der Waals surface area contributed by atoms with Crippen molar-refractivity contribution in [1.82, 2.24) is 10.6 Å². The van der Waals surface area contributed by atoms with Gasteiger partial charge in [-0.2, -0.15) is 0 Å². The molecule has 0 aliphatic carbocycles. The van der Waals surface area contributed by atoms with Crippen molar-refractivity contribution in [2.24, 2.45) is 5.73 Å². The van der Waals surface area contributed by atoms with E-state index in [1.54, 1.807) is 0 Å². The molecule has 2 amide bonds. The fraction of sp³-hybridized carbons (Fsp3) is 0.594. The van der Waals surface area contributed by atoms with Crippen LogP contribution in [0, 0.1) is 0 Å². The van der Waals surface area contributed by atoms with Gasteiger partial charge in [0.15, 0.2) is 5.78 Å². The molecule has 0 spiro atoms. The van der Waals surface area contributed by atoms with Crippen molar-refractivity contribution >= 4 is 17.6 Å². The SMILES string of the molecule is C=C.C=CCC.CC.CCCCCC(CC)c1ccc(C(=O)NC(CCCCNCC(N)=O)C(C)=O)cc1. The zero-order valence-corrected chi connectivity index (χ0v) is 25.2. The van der Waals surface area contributed by atoms with Crippen LogP contribution in [0.2, 0.25) is 0 Å². The van der Waals surface area contributed by atoms with E-state index in [0.29, 0.717) is 24.4 Å². The summed E-state index contributed by atoms with van der Waals surface area (Å²) in [6.07, 6.45) is 11.1. The van der Waals surface area contributed by atoms with Gasteiger partial charge in [-0.05, 0) is 75.6 Å². The third-order valence-corrected chi connectivity index (χ3v) is 5.77. The maximum atomic E-state index is 12.6. The molecule has 1 rings (SSSR count). The number of hydrogen-bond donors (Lipinski definition) is 3. The van der Waals surface area contributed by atoms with E-state index in [0.717, 1.165) is 25.7 Å². The Balaban J connectivity index is -0.00000136. The summed E-state index contributed by atoms with van der Waals surface area (Å²) in [7, 11) is 0. The van der Waals surface area contributed by atoms with E-state index in [1.165, 1.54) is 38.2 Å². The minimum absolute atomic E-state index is 0.0490. The number of ketones is 1. The smallest absolute Gasteiger partial charge is 0.251 e. The third-order valence-electron chi connectivity index (χ3n) is 5.77. The van der Waals surface area contributed by atoms with Gasteiger partial charge in [0, 0.05) is 5.56 Å². The lowest BCUT2D eigenvalue weighted by Crippen LogP contribution is -2.39. The molecular formula is C32H57N3O3. The second-order valence-electron chi connectivity index (χ2n) is 8.70. The Hall–Kier alpha value is -2.73. The highest BCUT2D eigenvalue weighted by Gasteiger charge is 2.18. The van der Waals surface area contributed by atoms with Crippen molar-refractivity contribution in [2.75, 3.05) is 13.1 Å². The first-order valence-corrected chi connectivity index (χ1v) is 14.3. The van der Waals surface area contributed by atoms with Crippen molar-refractivity contribution in [3.63, 3.8) is 0 Å². The second-order valence-corrected chi connectivity index (χ2v) is 8.70. The van der Waals surface area contributed by atoms with Gasteiger partial charge in [0.1, 0.15) is 0 Å². The minimum atomic E-state index is -0.495. The number of carbonyl (C=O) groups excluding carboxylic acids is 3. The van der Waals surface area contributed by atoms with Gasteiger partial charge in [0.25, 0.3) is 5.91 Å². The zero-order valence-electron chi connectivity index (χ0n) is 25.2. The molecule has 2 unspecified atom stereocenters. The van der Waals surface area contributed by atoms with Crippen molar-refractivity contribution in [2.45, 2.75) is 111 Å². The van der Waals surface area contributed by atoms with Crippen molar-refractivity contribution in [1.29, 1.82) is 0 Å². The molecule has 0 bridgehead atoms. The van der Waals surface area contributed by atoms with Crippen LogP contribution in [0.4, 0.5) is 0 Å². The summed E-state index contributed by atoms with van der Waals surface area (Å²) < 4.78 is 0. The molecule has 0 radical (unpaired) electrons. The highest BCUT2D eigenvalue weighted by molar-refractivity contribution is 5.97. The van der Waals surface area contributed by atoms with Gasteiger partial charge in [-0.1, -0.05) is 72.1 Å². The van der Waals surface area contributed by atoms with E-state index >= 15 is 0 Å². The summed E-state index contributed by atoms with van der Waals surface area (Å²) in [5.74, 6) is -0.123. The predicted octanol–water partition coefficient (Wildman–Crippen LogP) is 7.10. The molecule has 0 saturated carbocycles. The van der Waals surface area contributed by atoms with Crippen LogP contribution >= 0.6 is 0 Å². The Bertz CT molecular complexity index is 732. The van der Waals surface area contributed by atoms with Gasteiger partial charge in [0.05, 0.1) is 12.6 Å². The number of hydrogen-bond acceptors (Lipinski definition) is 4. The fourth-order valence-electron chi connectivity index (χ4n) is 3.58. The average Bonchev–Trinajstić information content (AvgIpc) is 2.94. The van der Waals surface area contributed by atoms with E-state index in [4.69, 9.17) is 5.73 Å². The van der Waals surface area contributed by atoms with E-state index in [1.807, 2.05) is 44.2 Å². The molecule has 0 aliphatic heterocycles. The van der Waals surface area contributed by atoms with Crippen molar-refractivity contribution in [3.05, 3.63) is 61.2 Å². The van der Waals surface area contributed by atoms with E-state index in [2.05, 4.69) is 51.1 Å². The molecule has 0 heterocycles.